The number of hydrogen-bond donors (Lipinski definition) is 2. The Balaban J connectivity index is 0.00000385. The van der Waals surface area contributed by atoms with Gasteiger partial charge in [0.1, 0.15) is 5.75 Å². The van der Waals surface area contributed by atoms with E-state index in [9.17, 15) is 0 Å². The Bertz CT molecular complexity index is 794. The van der Waals surface area contributed by atoms with Crippen LogP contribution < -0.4 is 15.4 Å². The van der Waals surface area contributed by atoms with Crippen molar-refractivity contribution in [2.75, 3.05) is 39.9 Å². The SMILES string of the molecule is CCNC(=NCCCOCc1ccc(OC)cc1)NC1CCN(Cc2ccccc2)CC1.I. The molecular formula is C26H39IN4O2. The Kier molecular flexibility index (Phi) is 13.2. The number of piperidine rings is 1. The van der Waals surface area contributed by atoms with E-state index < -0.39 is 0 Å². The highest BCUT2D eigenvalue weighted by Gasteiger charge is 2.19. The predicted molar refractivity (Wildman–Crippen MR) is 147 cm³/mol. The zero-order valence-corrected chi connectivity index (χ0v) is 22.3. The number of guanidine groups is 1. The molecule has 0 aromatic heterocycles. The molecule has 0 spiro atoms. The molecule has 1 fully saturated rings. The Morgan fingerprint density at radius 2 is 1.76 bits per heavy atom. The van der Waals surface area contributed by atoms with Crippen LogP contribution in [-0.4, -0.2) is 56.8 Å². The van der Waals surface area contributed by atoms with Crippen molar-refractivity contribution in [1.29, 1.82) is 0 Å². The third kappa shape index (κ3) is 10.3. The van der Waals surface area contributed by atoms with Crippen LogP contribution in [0.2, 0.25) is 0 Å². The average Bonchev–Trinajstić information content (AvgIpc) is 2.83. The summed E-state index contributed by atoms with van der Waals surface area (Å²) < 4.78 is 11.0. The van der Waals surface area contributed by atoms with E-state index in [-0.39, 0.29) is 24.0 Å². The molecule has 2 aromatic carbocycles. The molecule has 0 amide bonds. The summed E-state index contributed by atoms with van der Waals surface area (Å²) in [6.45, 7) is 8.32. The summed E-state index contributed by atoms with van der Waals surface area (Å²) in [4.78, 5) is 7.29. The first-order valence-electron chi connectivity index (χ1n) is 11.8. The minimum Gasteiger partial charge on any atom is -0.497 e. The van der Waals surface area contributed by atoms with E-state index >= 15 is 0 Å². The van der Waals surface area contributed by atoms with Gasteiger partial charge in [0.25, 0.3) is 0 Å². The Labute approximate surface area is 216 Å². The fraction of sp³-hybridized carbons (Fsp3) is 0.500. The van der Waals surface area contributed by atoms with Crippen LogP contribution in [0.25, 0.3) is 0 Å². The van der Waals surface area contributed by atoms with Gasteiger partial charge in [0.2, 0.25) is 0 Å². The summed E-state index contributed by atoms with van der Waals surface area (Å²) in [5.74, 6) is 1.79. The number of aliphatic imine (C=N–C) groups is 1. The normalized spacial score (nSPS) is 15.0. The molecule has 7 heteroatoms. The van der Waals surface area contributed by atoms with Gasteiger partial charge in [0.15, 0.2) is 5.96 Å². The van der Waals surface area contributed by atoms with Crippen molar-refractivity contribution in [1.82, 2.24) is 15.5 Å². The standard InChI is InChI=1S/C26H38N4O2.HI/c1-3-27-26(28-16-7-19-32-21-23-10-12-25(31-2)13-11-23)29-24-14-17-30(18-15-24)20-22-8-5-4-6-9-22;/h4-6,8-13,24H,3,7,14-21H2,1-2H3,(H2,27,28,29);1H. The van der Waals surface area contributed by atoms with E-state index in [0.717, 1.165) is 69.3 Å². The molecule has 0 atom stereocenters. The Morgan fingerprint density at radius 1 is 1.03 bits per heavy atom. The molecule has 0 radical (unpaired) electrons. The van der Waals surface area contributed by atoms with E-state index in [4.69, 9.17) is 14.5 Å². The van der Waals surface area contributed by atoms with Crippen LogP contribution in [0.4, 0.5) is 0 Å². The van der Waals surface area contributed by atoms with Crippen molar-refractivity contribution in [3.63, 3.8) is 0 Å². The highest BCUT2D eigenvalue weighted by molar-refractivity contribution is 14.0. The van der Waals surface area contributed by atoms with Crippen molar-refractivity contribution in [2.45, 2.75) is 45.4 Å². The van der Waals surface area contributed by atoms with E-state index in [0.29, 0.717) is 19.3 Å². The maximum absolute atomic E-state index is 5.79. The van der Waals surface area contributed by atoms with Crippen LogP contribution in [0.5, 0.6) is 5.75 Å². The molecule has 6 nitrogen and oxygen atoms in total. The molecule has 2 N–H and O–H groups in total. The van der Waals surface area contributed by atoms with Crippen LogP contribution in [0.1, 0.15) is 37.3 Å². The average molecular weight is 567 g/mol. The third-order valence-corrected chi connectivity index (χ3v) is 5.67. The molecule has 1 heterocycles. The maximum Gasteiger partial charge on any atom is 0.191 e. The first kappa shape index (κ1) is 27.4. The van der Waals surface area contributed by atoms with Crippen LogP contribution in [0.3, 0.4) is 0 Å². The number of hydrogen-bond acceptors (Lipinski definition) is 4. The zero-order chi connectivity index (χ0) is 22.4. The lowest BCUT2D eigenvalue weighted by molar-refractivity contribution is 0.120. The lowest BCUT2D eigenvalue weighted by atomic mass is 10.0. The summed E-state index contributed by atoms with van der Waals surface area (Å²) >= 11 is 0. The second-order valence-electron chi connectivity index (χ2n) is 8.20. The van der Waals surface area contributed by atoms with Crippen molar-refractivity contribution in [3.05, 3.63) is 65.7 Å². The van der Waals surface area contributed by atoms with Crippen LogP contribution in [0.15, 0.2) is 59.6 Å². The molecule has 0 saturated carbocycles. The summed E-state index contributed by atoms with van der Waals surface area (Å²) in [6.07, 6.45) is 3.19. The van der Waals surface area contributed by atoms with E-state index in [1.165, 1.54) is 5.56 Å². The Morgan fingerprint density at radius 3 is 2.42 bits per heavy atom. The van der Waals surface area contributed by atoms with E-state index in [2.05, 4.69) is 52.8 Å². The zero-order valence-electron chi connectivity index (χ0n) is 20.0. The van der Waals surface area contributed by atoms with Gasteiger partial charge >= 0.3 is 0 Å². The lowest BCUT2D eigenvalue weighted by Crippen LogP contribution is -2.48. The van der Waals surface area contributed by atoms with Crippen molar-refractivity contribution in [3.8, 4) is 5.75 Å². The largest absolute Gasteiger partial charge is 0.497 e. The predicted octanol–water partition coefficient (Wildman–Crippen LogP) is 4.44. The molecule has 0 unspecified atom stereocenters. The number of benzene rings is 2. The van der Waals surface area contributed by atoms with E-state index in [1.807, 2.05) is 24.3 Å². The van der Waals surface area contributed by atoms with Gasteiger partial charge in [0.05, 0.1) is 13.7 Å². The monoisotopic (exact) mass is 566 g/mol. The van der Waals surface area contributed by atoms with Gasteiger partial charge < -0.3 is 20.1 Å². The van der Waals surface area contributed by atoms with Gasteiger partial charge in [-0.3, -0.25) is 9.89 Å². The molecule has 1 aliphatic heterocycles. The van der Waals surface area contributed by atoms with Gasteiger partial charge in [-0.2, -0.15) is 0 Å². The van der Waals surface area contributed by atoms with Gasteiger partial charge in [-0.15, -0.1) is 24.0 Å². The molecule has 1 aliphatic rings. The number of likely N-dealkylation sites (tertiary alicyclic amines) is 1. The van der Waals surface area contributed by atoms with Crippen molar-refractivity contribution >= 4 is 29.9 Å². The summed E-state index contributed by atoms with van der Waals surface area (Å²) in [7, 11) is 1.68. The fourth-order valence-corrected chi connectivity index (χ4v) is 3.86. The molecule has 1 saturated heterocycles. The van der Waals surface area contributed by atoms with Gasteiger partial charge in [-0.05, 0) is 49.4 Å². The second-order valence-corrected chi connectivity index (χ2v) is 8.20. The van der Waals surface area contributed by atoms with Gasteiger partial charge in [-0.25, -0.2) is 0 Å². The first-order chi connectivity index (χ1) is 15.8. The quantitative estimate of drug-likeness (QED) is 0.182. The molecule has 0 aliphatic carbocycles. The summed E-state index contributed by atoms with van der Waals surface area (Å²) in [5, 5.41) is 7.01. The molecule has 182 valence electrons. The highest BCUT2D eigenvalue weighted by Crippen LogP contribution is 2.14. The molecule has 33 heavy (non-hydrogen) atoms. The minimum atomic E-state index is 0. The second kappa shape index (κ2) is 15.9. The molecular weight excluding hydrogens is 527 g/mol. The van der Waals surface area contributed by atoms with Crippen LogP contribution >= 0.6 is 24.0 Å². The van der Waals surface area contributed by atoms with Crippen LogP contribution in [-0.2, 0) is 17.9 Å². The molecule has 3 rings (SSSR count). The topological polar surface area (TPSA) is 58.1 Å². The smallest absolute Gasteiger partial charge is 0.191 e. The maximum atomic E-state index is 5.79. The number of nitrogens with zero attached hydrogens (tertiary/aromatic N) is 2. The number of ether oxygens (including phenoxy) is 2. The highest BCUT2D eigenvalue weighted by atomic mass is 127. The summed E-state index contributed by atoms with van der Waals surface area (Å²) in [6, 6.07) is 19.2. The van der Waals surface area contributed by atoms with Gasteiger partial charge in [0, 0.05) is 45.4 Å². The minimum absolute atomic E-state index is 0. The molecule has 2 aromatic rings. The Hall–Kier alpha value is -1.84. The fourth-order valence-electron chi connectivity index (χ4n) is 3.86. The number of rotatable bonds is 11. The molecule has 0 bridgehead atoms. The number of nitrogens with one attached hydrogen (secondary N) is 2. The lowest BCUT2D eigenvalue weighted by Gasteiger charge is -2.33. The number of halogens is 1. The first-order valence-corrected chi connectivity index (χ1v) is 11.8. The van der Waals surface area contributed by atoms with Gasteiger partial charge in [-0.1, -0.05) is 42.5 Å². The van der Waals surface area contributed by atoms with Crippen molar-refractivity contribution in [2.24, 2.45) is 4.99 Å². The summed E-state index contributed by atoms with van der Waals surface area (Å²) in [5.41, 5.74) is 2.55. The van der Waals surface area contributed by atoms with Crippen LogP contribution in [0, 0.1) is 0 Å². The van der Waals surface area contributed by atoms with Crippen molar-refractivity contribution < 1.29 is 9.47 Å². The third-order valence-electron chi connectivity index (χ3n) is 5.67. The number of methoxy groups -OCH3 is 1. The van der Waals surface area contributed by atoms with E-state index in [1.54, 1.807) is 7.11 Å².